The van der Waals surface area contributed by atoms with E-state index in [0.29, 0.717) is 11.3 Å². The fourth-order valence-corrected chi connectivity index (χ4v) is 5.50. The first-order valence-corrected chi connectivity index (χ1v) is 13.2. The summed E-state index contributed by atoms with van der Waals surface area (Å²) in [6.45, 7) is 5.85. The molecule has 1 aliphatic rings. The van der Waals surface area contributed by atoms with E-state index in [1.54, 1.807) is 41.8 Å². The van der Waals surface area contributed by atoms with Crippen molar-refractivity contribution in [3.05, 3.63) is 59.2 Å². The maximum absolute atomic E-state index is 13.6. The zero-order valence-corrected chi connectivity index (χ0v) is 21.1. The normalized spacial score (nSPS) is 21.1. The van der Waals surface area contributed by atoms with Gasteiger partial charge in [-0.25, -0.2) is 14.6 Å². The topological polar surface area (TPSA) is 184 Å². The SMILES string of the molecule is C=C1[C@H](CO[P@](=O)(NCCC(=O)OCC)Oc2ccccc2)[C@@H](O)C[C@@H]1n1cnc2c(=O)[nH]c(N)nc21. The lowest BCUT2D eigenvalue weighted by Crippen LogP contribution is -2.25. The van der Waals surface area contributed by atoms with Gasteiger partial charge in [0.25, 0.3) is 5.56 Å². The molecule has 0 spiro atoms. The van der Waals surface area contributed by atoms with Gasteiger partial charge in [-0.1, -0.05) is 24.8 Å². The zero-order chi connectivity index (χ0) is 26.6. The van der Waals surface area contributed by atoms with Crippen LogP contribution in [0.5, 0.6) is 5.75 Å². The molecule has 0 radical (unpaired) electrons. The second-order valence-electron chi connectivity index (χ2n) is 8.44. The minimum atomic E-state index is -3.96. The second kappa shape index (κ2) is 11.3. The third-order valence-electron chi connectivity index (χ3n) is 5.95. The molecule has 1 aliphatic carbocycles. The summed E-state index contributed by atoms with van der Waals surface area (Å²) in [5.41, 5.74) is 6.17. The quantitative estimate of drug-likeness (QED) is 0.161. The van der Waals surface area contributed by atoms with Crippen LogP contribution in [-0.2, 0) is 18.6 Å². The predicted molar refractivity (Wildman–Crippen MR) is 135 cm³/mol. The molecule has 0 unspecified atom stereocenters. The van der Waals surface area contributed by atoms with Crippen molar-refractivity contribution in [1.82, 2.24) is 24.6 Å². The number of nitrogen functional groups attached to an aromatic ring is 1. The average Bonchev–Trinajstić information content (AvgIpc) is 3.38. The van der Waals surface area contributed by atoms with Gasteiger partial charge in [0.2, 0.25) is 5.95 Å². The van der Waals surface area contributed by atoms with E-state index >= 15 is 0 Å². The second-order valence-corrected chi connectivity index (χ2v) is 10.2. The van der Waals surface area contributed by atoms with Crippen molar-refractivity contribution in [2.75, 3.05) is 25.5 Å². The number of benzene rings is 1. The van der Waals surface area contributed by atoms with Crippen LogP contribution in [0.25, 0.3) is 11.2 Å². The molecule has 13 nitrogen and oxygen atoms in total. The first-order valence-electron chi connectivity index (χ1n) is 11.7. The summed E-state index contributed by atoms with van der Waals surface area (Å²) in [6, 6.07) is 8.00. The average molecular weight is 532 g/mol. The molecule has 198 valence electrons. The number of aliphatic hydroxyl groups is 1. The Hall–Kier alpha value is -3.51. The highest BCUT2D eigenvalue weighted by Crippen LogP contribution is 2.47. The van der Waals surface area contributed by atoms with Gasteiger partial charge in [0.1, 0.15) is 5.75 Å². The predicted octanol–water partition coefficient (Wildman–Crippen LogP) is 1.93. The summed E-state index contributed by atoms with van der Waals surface area (Å²) < 4.78 is 31.4. The molecule has 2 aromatic heterocycles. The molecule has 4 atom stereocenters. The molecule has 37 heavy (non-hydrogen) atoms. The van der Waals surface area contributed by atoms with Gasteiger partial charge in [0, 0.05) is 12.5 Å². The van der Waals surface area contributed by atoms with Gasteiger partial charge >= 0.3 is 13.7 Å². The number of rotatable bonds is 11. The highest BCUT2D eigenvalue weighted by molar-refractivity contribution is 7.52. The van der Waals surface area contributed by atoms with E-state index in [-0.39, 0.29) is 49.7 Å². The maximum Gasteiger partial charge on any atom is 0.458 e. The minimum absolute atomic E-state index is 0.0115. The number of anilines is 1. The van der Waals surface area contributed by atoms with E-state index in [4.69, 9.17) is 19.5 Å². The van der Waals surface area contributed by atoms with Crippen LogP contribution >= 0.6 is 7.75 Å². The minimum Gasteiger partial charge on any atom is -0.466 e. The number of H-pyrrole nitrogens is 1. The van der Waals surface area contributed by atoms with Crippen LogP contribution in [0.3, 0.4) is 0 Å². The van der Waals surface area contributed by atoms with E-state index in [0.717, 1.165) is 0 Å². The number of aliphatic hydroxyl groups excluding tert-OH is 1. The molecule has 14 heteroatoms. The van der Waals surface area contributed by atoms with Crippen LogP contribution in [0.2, 0.25) is 0 Å². The summed E-state index contributed by atoms with van der Waals surface area (Å²) in [5.74, 6) is -0.821. The smallest absolute Gasteiger partial charge is 0.458 e. The summed E-state index contributed by atoms with van der Waals surface area (Å²) in [7, 11) is -3.96. The molecular weight excluding hydrogens is 503 g/mol. The maximum atomic E-state index is 13.6. The van der Waals surface area contributed by atoms with Gasteiger partial charge in [-0.15, -0.1) is 0 Å². The van der Waals surface area contributed by atoms with Gasteiger partial charge in [0.15, 0.2) is 11.2 Å². The Bertz CT molecular complexity index is 1370. The highest BCUT2D eigenvalue weighted by atomic mass is 31.2. The number of nitrogens with one attached hydrogen (secondary N) is 2. The number of hydrogen-bond acceptors (Lipinski definition) is 10. The van der Waals surface area contributed by atoms with Gasteiger partial charge in [0.05, 0.1) is 38.1 Å². The summed E-state index contributed by atoms with van der Waals surface area (Å²) in [6.07, 6.45) is 0.757. The molecule has 0 bridgehead atoms. The first-order chi connectivity index (χ1) is 17.7. The van der Waals surface area contributed by atoms with Crippen molar-refractivity contribution >= 4 is 30.8 Å². The molecule has 1 fully saturated rings. The summed E-state index contributed by atoms with van der Waals surface area (Å²) >= 11 is 0. The Morgan fingerprint density at radius 2 is 2.14 bits per heavy atom. The lowest BCUT2D eigenvalue weighted by molar-refractivity contribution is -0.142. The van der Waals surface area contributed by atoms with Crippen molar-refractivity contribution in [2.45, 2.75) is 31.9 Å². The number of carbonyl (C=O) groups is 1. The van der Waals surface area contributed by atoms with E-state index in [1.165, 1.54) is 6.33 Å². The standard InChI is InChI=1S/C23H29N6O7P/c1-3-34-19(31)9-10-26-37(33,36-15-7-5-4-6-8-15)35-12-16-14(2)17(11-18(16)30)29-13-25-20-21(29)27-23(24)28-22(20)32/h4-8,13,16-18,30H,2-3,9-12H2,1H3,(H,26,33)(H3,24,27,28,32)/t16-,17-,18-,37+/m0/s1. The number of para-hydroxylation sites is 1. The third kappa shape index (κ3) is 6.08. The van der Waals surface area contributed by atoms with Gasteiger partial charge in [-0.2, -0.15) is 4.98 Å². The molecule has 5 N–H and O–H groups in total. The van der Waals surface area contributed by atoms with Crippen LogP contribution in [0, 0.1) is 5.92 Å². The number of fused-ring (bicyclic) bond motifs is 1. The van der Waals surface area contributed by atoms with E-state index < -0.39 is 37.3 Å². The summed E-state index contributed by atoms with van der Waals surface area (Å²) in [4.78, 5) is 34.5. The van der Waals surface area contributed by atoms with Crippen LogP contribution in [0.4, 0.5) is 5.95 Å². The summed E-state index contributed by atoms with van der Waals surface area (Å²) in [5, 5.41) is 13.5. The fourth-order valence-electron chi connectivity index (χ4n) is 4.15. The van der Waals surface area contributed by atoms with Crippen molar-refractivity contribution in [1.29, 1.82) is 0 Å². The molecule has 0 saturated heterocycles. The number of imidazole rings is 1. The monoisotopic (exact) mass is 532 g/mol. The zero-order valence-electron chi connectivity index (χ0n) is 20.2. The molecular formula is C23H29N6O7P. The lowest BCUT2D eigenvalue weighted by Gasteiger charge is -2.23. The lowest BCUT2D eigenvalue weighted by atomic mass is 10.0. The first kappa shape index (κ1) is 26.6. The van der Waals surface area contributed by atoms with Crippen LogP contribution in [0.15, 0.2) is 53.6 Å². The number of ether oxygens (including phenoxy) is 1. The molecule has 0 amide bonds. The third-order valence-corrected chi connectivity index (χ3v) is 7.50. The Balaban J connectivity index is 1.49. The van der Waals surface area contributed by atoms with E-state index in [1.807, 2.05) is 0 Å². The Morgan fingerprint density at radius 1 is 1.38 bits per heavy atom. The van der Waals surface area contributed by atoms with Crippen molar-refractivity contribution in [3.8, 4) is 5.75 Å². The number of aromatic amines is 1. The molecule has 2 heterocycles. The van der Waals surface area contributed by atoms with Crippen LogP contribution in [0.1, 0.15) is 25.8 Å². The number of nitrogens with zero attached hydrogens (tertiary/aromatic N) is 3. The number of aromatic nitrogens is 4. The Labute approximate surface area is 212 Å². The van der Waals surface area contributed by atoms with Gasteiger partial charge in [-0.05, 0) is 31.1 Å². The number of esters is 1. The van der Waals surface area contributed by atoms with Crippen LogP contribution in [-0.4, -0.2) is 56.5 Å². The van der Waals surface area contributed by atoms with Crippen LogP contribution < -0.4 is 20.9 Å². The Kier molecular flexibility index (Phi) is 8.08. The van der Waals surface area contributed by atoms with Gasteiger partial charge in [-0.3, -0.25) is 19.1 Å². The molecule has 1 saturated carbocycles. The number of hydrogen-bond donors (Lipinski definition) is 4. The van der Waals surface area contributed by atoms with Gasteiger partial charge < -0.3 is 24.7 Å². The Morgan fingerprint density at radius 3 is 2.86 bits per heavy atom. The van der Waals surface area contributed by atoms with Crippen molar-refractivity contribution in [2.24, 2.45) is 5.92 Å². The van der Waals surface area contributed by atoms with Crippen molar-refractivity contribution < 1.29 is 28.3 Å². The fraction of sp³-hybridized carbons (Fsp3) is 0.391. The largest absolute Gasteiger partial charge is 0.466 e. The molecule has 3 aromatic rings. The van der Waals surface area contributed by atoms with E-state index in [9.17, 15) is 19.3 Å². The van der Waals surface area contributed by atoms with Crippen molar-refractivity contribution in [3.63, 3.8) is 0 Å². The van der Waals surface area contributed by atoms with E-state index in [2.05, 4.69) is 26.6 Å². The molecule has 1 aromatic carbocycles. The number of carbonyl (C=O) groups excluding carboxylic acids is 1. The highest BCUT2D eigenvalue weighted by Gasteiger charge is 2.40. The number of nitrogens with two attached hydrogens (primary N) is 1. The molecule has 0 aliphatic heterocycles. The molecule has 4 rings (SSSR count).